The zero-order chi connectivity index (χ0) is 16.3. The Labute approximate surface area is 128 Å². The SMILES string of the molecule is CNC(C)(CCOc1cc(C)ccc1C(C)(C)C)C(N)=O. The number of benzene rings is 1. The van der Waals surface area contributed by atoms with Crippen molar-refractivity contribution in [2.75, 3.05) is 13.7 Å². The van der Waals surface area contributed by atoms with E-state index in [1.54, 1.807) is 14.0 Å². The number of primary amides is 1. The topological polar surface area (TPSA) is 64.3 Å². The maximum absolute atomic E-state index is 11.5. The minimum absolute atomic E-state index is 0.0129. The number of nitrogens with two attached hydrogens (primary N) is 1. The molecule has 0 fully saturated rings. The first kappa shape index (κ1) is 17.5. The van der Waals surface area contributed by atoms with Crippen LogP contribution in [0.25, 0.3) is 0 Å². The molecule has 0 saturated heterocycles. The van der Waals surface area contributed by atoms with E-state index in [0.717, 1.165) is 11.3 Å². The highest BCUT2D eigenvalue weighted by atomic mass is 16.5. The lowest BCUT2D eigenvalue weighted by Gasteiger charge is -2.27. The summed E-state index contributed by atoms with van der Waals surface area (Å²) in [5, 5.41) is 2.97. The van der Waals surface area contributed by atoms with Gasteiger partial charge in [-0.3, -0.25) is 4.79 Å². The Bertz CT molecular complexity index is 506. The Morgan fingerprint density at radius 1 is 1.29 bits per heavy atom. The molecule has 1 atom stereocenters. The third-order valence-corrected chi connectivity index (χ3v) is 3.90. The molecule has 0 aliphatic carbocycles. The average molecular weight is 292 g/mol. The predicted octanol–water partition coefficient (Wildman–Crippen LogP) is 2.52. The number of rotatable bonds is 6. The maximum Gasteiger partial charge on any atom is 0.237 e. The molecule has 0 aliphatic rings. The first-order valence-electron chi connectivity index (χ1n) is 7.33. The average Bonchev–Trinajstić information content (AvgIpc) is 2.36. The third kappa shape index (κ3) is 4.46. The van der Waals surface area contributed by atoms with Crippen molar-refractivity contribution in [3.63, 3.8) is 0 Å². The first-order chi connectivity index (χ1) is 9.60. The number of hydrogen-bond acceptors (Lipinski definition) is 3. The number of carbonyl (C=O) groups excluding carboxylic acids is 1. The Morgan fingerprint density at radius 3 is 2.38 bits per heavy atom. The Balaban J connectivity index is 2.85. The molecule has 0 heterocycles. The van der Waals surface area contributed by atoms with Gasteiger partial charge in [0.25, 0.3) is 0 Å². The molecule has 1 amide bonds. The van der Waals surface area contributed by atoms with E-state index in [-0.39, 0.29) is 11.3 Å². The molecule has 4 heteroatoms. The lowest BCUT2D eigenvalue weighted by atomic mass is 9.86. The van der Waals surface area contributed by atoms with Gasteiger partial charge in [-0.15, -0.1) is 0 Å². The second kappa shape index (κ2) is 6.48. The maximum atomic E-state index is 11.5. The molecule has 1 unspecified atom stereocenters. The van der Waals surface area contributed by atoms with Gasteiger partial charge in [0, 0.05) is 6.42 Å². The van der Waals surface area contributed by atoms with Crippen LogP contribution in [0.15, 0.2) is 18.2 Å². The largest absolute Gasteiger partial charge is 0.493 e. The molecule has 21 heavy (non-hydrogen) atoms. The molecule has 1 rings (SSSR count). The highest BCUT2D eigenvalue weighted by Crippen LogP contribution is 2.32. The zero-order valence-electron chi connectivity index (χ0n) is 14.0. The standard InChI is InChI=1S/C17H28N2O2/c1-12-7-8-13(16(2,3)4)14(11-12)21-10-9-17(5,19-6)15(18)20/h7-8,11,19H,9-10H2,1-6H3,(H2,18,20). The third-order valence-electron chi connectivity index (χ3n) is 3.90. The number of aryl methyl sites for hydroxylation is 1. The van der Waals surface area contributed by atoms with E-state index in [1.165, 1.54) is 5.56 Å². The summed E-state index contributed by atoms with van der Waals surface area (Å²) < 4.78 is 5.94. The van der Waals surface area contributed by atoms with E-state index >= 15 is 0 Å². The number of carbonyl (C=O) groups is 1. The van der Waals surface area contributed by atoms with Crippen molar-refractivity contribution in [1.29, 1.82) is 0 Å². The normalized spacial score (nSPS) is 14.6. The van der Waals surface area contributed by atoms with Gasteiger partial charge in [0.05, 0.1) is 12.1 Å². The number of nitrogens with one attached hydrogen (secondary N) is 1. The van der Waals surface area contributed by atoms with Crippen molar-refractivity contribution in [2.24, 2.45) is 5.73 Å². The van der Waals surface area contributed by atoms with Gasteiger partial charge < -0.3 is 15.8 Å². The van der Waals surface area contributed by atoms with Crippen LogP contribution in [0.2, 0.25) is 0 Å². The van der Waals surface area contributed by atoms with Gasteiger partial charge in [0.1, 0.15) is 5.75 Å². The molecule has 0 spiro atoms. The van der Waals surface area contributed by atoms with Crippen LogP contribution < -0.4 is 15.8 Å². The Kier molecular flexibility index (Phi) is 5.40. The van der Waals surface area contributed by atoms with Crippen LogP contribution in [0.3, 0.4) is 0 Å². The van der Waals surface area contributed by atoms with Gasteiger partial charge >= 0.3 is 0 Å². The van der Waals surface area contributed by atoms with Crippen LogP contribution in [0.5, 0.6) is 5.75 Å². The smallest absolute Gasteiger partial charge is 0.237 e. The molecule has 0 aliphatic heterocycles. The van der Waals surface area contributed by atoms with Crippen molar-refractivity contribution in [1.82, 2.24) is 5.32 Å². The quantitative estimate of drug-likeness (QED) is 0.847. The van der Waals surface area contributed by atoms with Crippen LogP contribution in [-0.2, 0) is 10.2 Å². The molecule has 0 saturated carbocycles. The number of hydrogen-bond donors (Lipinski definition) is 2. The van der Waals surface area contributed by atoms with E-state index in [0.29, 0.717) is 13.0 Å². The van der Waals surface area contributed by atoms with Gasteiger partial charge in [0.15, 0.2) is 0 Å². The predicted molar refractivity (Wildman–Crippen MR) is 86.7 cm³/mol. The van der Waals surface area contributed by atoms with Crippen LogP contribution in [0.4, 0.5) is 0 Å². The summed E-state index contributed by atoms with van der Waals surface area (Å²) in [5.41, 5.74) is 7.02. The van der Waals surface area contributed by atoms with E-state index in [4.69, 9.17) is 10.5 Å². The second-order valence-corrected chi connectivity index (χ2v) is 6.79. The molecule has 4 nitrogen and oxygen atoms in total. The monoisotopic (exact) mass is 292 g/mol. The second-order valence-electron chi connectivity index (χ2n) is 6.79. The van der Waals surface area contributed by atoms with E-state index in [1.807, 2.05) is 13.0 Å². The van der Waals surface area contributed by atoms with Gasteiger partial charge in [-0.1, -0.05) is 32.9 Å². The molecule has 3 N–H and O–H groups in total. The van der Waals surface area contributed by atoms with Crippen molar-refractivity contribution < 1.29 is 9.53 Å². The summed E-state index contributed by atoms with van der Waals surface area (Å²) in [4.78, 5) is 11.5. The van der Waals surface area contributed by atoms with Crippen LogP contribution >= 0.6 is 0 Å². The van der Waals surface area contributed by atoms with Crippen molar-refractivity contribution >= 4 is 5.91 Å². The minimum Gasteiger partial charge on any atom is -0.493 e. The van der Waals surface area contributed by atoms with Gasteiger partial charge in [-0.2, -0.15) is 0 Å². The molecule has 1 aromatic rings. The minimum atomic E-state index is -0.744. The fourth-order valence-electron chi connectivity index (χ4n) is 2.11. The number of ether oxygens (including phenoxy) is 1. The highest BCUT2D eigenvalue weighted by Gasteiger charge is 2.29. The summed E-state index contributed by atoms with van der Waals surface area (Å²) in [7, 11) is 1.73. The van der Waals surface area contributed by atoms with Crippen molar-refractivity contribution in [3.05, 3.63) is 29.3 Å². The fraction of sp³-hybridized carbons (Fsp3) is 0.588. The lowest BCUT2D eigenvalue weighted by Crippen LogP contribution is -2.52. The summed E-state index contributed by atoms with van der Waals surface area (Å²) in [6.07, 6.45) is 0.524. The Hall–Kier alpha value is -1.55. The van der Waals surface area contributed by atoms with Crippen LogP contribution in [-0.4, -0.2) is 25.1 Å². The van der Waals surface area contributed by atoms with Crippen molar-refractivity contribution in [2.45, 2.75) is 52.0 Å². The molecule has 0 radical (unpaired) electrons. The van der Waals surface area contributed by atoms with E-state index < -0.39 is 5.54 Å². The van der Waals surface area contributed by atoms with Gasteiger partial charge in [0.2, 0.25) is 5.91 Å². The fourth-order valence-corrected chi connectivity index (χ4v) is 2.11. The highest BCUT2D eigenvalue weighted by molar-refractivity contribution is 5.84. The molecule has 1 aromatic carbocycles. The molecular formula is C17H28N2O2. The zero-order valence-corrected chi connectivity index (χ0v) is 14.0. The van der Waals surface area contributed by atoms with E-state index in [2.05, 4.69) is 38.2 Å². The van der Waals surface area contributed by atoms with E-state index in [9.17, 15) is 4.79 Å². The first-order valence-corrected chi connectivity index (χ1v) is 7.33. The molecule has 0 bridgehead atoms. The molecule has 118 valence electrons. The number of likely N-dealkylation sites (N-methyl/N-ethyl adjacent to an activating group) is 1. The number of amides is 1. The summed E-state index contributed by atoms with van der Waals surface area (Å²) in [5.74, 6) is 0.513. The molecule has 0 aromatic heterocycles. The van der Waals surface area contributed by atoms with Crippen LogP contribution in [0.1, 0.15) is 45.2 Å². The van der Waals surface area contributed by atoms with Crippen LogP contribution in [0, 0.1) is 6.92 Å². The summed E-state index contributed by atoms with van der Waals surface area (Å²) >= 11 is 0. The molecular weight excluding hydrogens is 264 g/mol. The Morgan fingerprint density at radius 2 is 1.90 bits per heavy atom. The van der Waals surface area contributed by atoms with Crippen molar-refractivity contribution in [3.8, 4) is 5.75 Å². The van der Waals surface area contributed by atoms with Gasteiger partial charge in [-0.05, 0) is 43.5 Å². The van der Waals surface area contributed by atoms with Gasteiger partial charge in [-0.25, -0.2) is 0 Å². The summed E-state index contributed by atoms with van der Waals surface area (Å²) in [6.45, 7) is 10.7. The lowest BCUT2D eigenvalue weighted by molar-refractivity contribution is -0.124. The summed E-state index contributed by atoms with van der Waals surface area (Å²) in [6, 6.07) is 6.24.